The number of pyridine rings is 1. The standard InChI is InChI=1S/C15H15N3/c1-2-5-14(6-3-1)11-17-9-10-18-13-15-7-4-8-16-12-15/h1-8,11-13H,9-10H2/b17-11+,18-13+. The summed E-state index contributed by atoms with van der Waals surface area (Å²) in [6.07, 6.45) is 7.24. The van der Waals surface area contributed by atoms with Crippen molar-refractivity contribution in [2.24, 2.45) is 9.98 Å². The van der Waals surface area contributed by atoms with Crippen LogP contribution < -0.4 is 0 Å². The molecule has 0 aliphatic carbocycles. The third-order valence-electron chi connectivity index (χ3n) is 2.32. The van der Waals surface area contributed by atoms with Gasteiger partial charge in [0.1, 0.15) is 0 Å². The second kappa shape index (κ2) is 7.12. The van der Waals surface area contributed by atoms with E-state index >= 15 is 0 Å². The van der Waals surface area contributed by atoms with Crippen LogP contribution in [0.3, 0.4) is 0 Å². The van der Waals surface area contributed by atoms with E-state index in [0.29, 0.717) is 13.1 Å². The Morgan fingerprint density at radius 2 is 1.50 bits per heavy atom. The van der Waals surface area contributed by atoms with Gasteiger partial charge in [0.05, 0.1) is 13.1 Å². The lowest BCUT2D eigenvalue weighted by Gasteiger charge is -1.92. The molecule has 0 N–H and O–H groups in total. The van der Waals surface area contributed by atoms with Gasteiger partial charge in [-0.25, -0.2) is 0 Å². The molecular formula is C15H15N3. The van der Waals surface area contributed by atoms with E-state index in [1.54, 1.807) is 12.4 Å². The van der Waals surface area contributed by atoms with Crippen molar-refractivity contribution in [2.45, 2.75) is 0 Å². The number of aromatic nitrogens is 1. The highest BCUT2D eigenvalue weighted by Crippen LogP contribution is 1.94. The predicted octanol–water partition coefficient (Wildman–Crippen LogP) is 2.62. The average molecular weight is 237 g/mol. The monoisotopic (exact) mass is 237 g/mol. The average Bonchev–Trinajstić information content (AvgIpc) is 2.45. The quantitative estimate of drug-likeness (QED) is 0.582. The predicted molar refractivity (Wildman–Crippen MR) is 75.6 cm³/mol. The van der Waals surface area contributed by atoms with Crippen molar-refractivity contribution in [2.75, 3.05) is 13.1 Å². The van der Waals surface area contributed by atoms with E-state index in [-0.39, 0.29) is 0 Å². The van der Waals surface area contributed by atoms with Crippen molar-refractivity contribution < 1.29 is 0 Å². The van der Waals surface area contributed by atoms with Crippen molar-refractivity contribution in [3.63, 3.8) is 0 Å². The maximum atomic E-state index is 4.32. The molecule has 3 nitrogen and oxygen atoms in total. The van der Waals surface area contributed by atoms with Crippen LogP contribution in [-0.2, 0) is 0 Å². The molecule has 2 aromatic rings. The number of benzene rings is 1. The lowest BCUT2D eigenvalue weighted by atomic mass is 10.2. The first-order valence-corrected chi connectivity index (χ1v) is 5.90. The molecule has 0 bridgehead atoms. The lowest BCUT2D eigenvalue weighted by molar-refractivity contribution is 0.985. The smallest absolute Gasteiger partial charge is 0.0585 e. The van der Waals surface area contributed by atoms with Crippen molar-refractivity contribution >= 4 is 12.4 Å². The first-order valence-electron chi connectivity index (χ1n) is 5.90. The topological polar surface area (TPSA) is 37.6 Å². The number of rotatable bonds is 5. The summed E-state index contributed by atoms with van der Waals surface area (Å²) in [6.45, 7) is 1.39. The molecule has 0 amide bonds. The molecule has 0 aliphatic heterocycles. The van der Waals surface area contributed by atoms with Crippen LogP contribution in [0.15, 0.2) is 64.8 Å². The van der Waals surface area contributed by atoms with Crippen LogP contribution in [-0.4, -0.2) is 30.5 Å². The molecule has 0 unspecified atom stereocenters. The van der Waals surface area contributed by atoms with Gasteiger partial charge in [-0.1, -0.05) is 36.4 Å². The lowest BCUT2D eigenvalue weighted by Crippen LogP contribution is -1.90. The van der Waals surface area contributed by atoms with Crippen LogP contribution in [0.4, 0.5) is 0 Å². The normalized spacial score (nSPS) is 11.3. The summed E-state index contributed by atoms with van der Waals surface area (Å²) in [4.78, 5) is 12.6. The van der Waals surface area contributed by atoms with Gasteiger partial charge < -0.3 is 0 Å². The van der Waals surface area contributed by atoms with Gasteiger partial charge in [0, 0.05) is 30.4 Å². The summed E-state index contributed by atoms with van der Waals surface area (Å²) in [5, 5.41) is 0. The van der Waals surface area contributed by atoms with E-state index in [9.17, 15) is 0 Å². The van der Waals surface area contributed by atoms with Crippen molar-refractivity contribution in [3.8, 4) is 0 Å². The molecule has 0 atom stereocenters. The Labute approximate surface area is 107 Å². The van der Waals surface area contributed by atoms with Crippen LogP contribution in [0.1, 0.15) is 11.1 Å². The van der Waals surface area contributed by atoms with E-state index in [0.717, 1.165) is 11.1 Å². The molecule has 90 valence electrons. The summed E-state index contributed by atoms with van der Waals surface area (Å²) in [7, 11) is 0. The molecule has 1 aromatic heterocycles. The molecule has 3 heteroatoms. The fourth-order valence-corrected chi connectivity index (χ4v) is 1.45. The SMILES string of the molecule is C(=N\CC/N=C/c1cccnc1)/c1ccccc1. The van der Waals surface area contributed by atoms with Crippen molar-refractivity contribution in [1.29, 1.82) is 0 Å². The van der Waals surface area contributed by atoms with Crippen molar-refractivity contribution in [3.05, 3.63) is 66.0 Å². The Morgan fingerprint density at radius 3 is 2.17 bits per heavy atom. The highest BCUT2D eigenvalue weighted by Gasteiger charge is 1.85. The Balaban J connectivity index is 1.73. The molecule has 2 rings (SSSR count). The Kier molecular flexibility index (Phi) is 4.81. The third kappa shape index (κ3) is 4.29. The zero-order chi connectivity index (χ0) is 12.5. The molecule has 1 aromatic carbocycles. The Hall–Kier alpha value is -2.29. The summed E-state index contributed by atoms with van der Waals surface area (Å²) >= 11 is 0. The molecule has 0 saturated heterocycles. The molecule has 1 heterocycles. The number of hydrogen-bond acceptors (Lipinski definition) is 3. The van der Waals surface area contributed by atoms with E-state index in [1.807, 2.05) is 54.9 Å². The van der Waals surface area contributed by atoms with Crippen LogP contribution in [0.2, 0.25) is 0 Å². The van der Waals surface area contributed by atoms with Gasteiger partial charge in [-0.15, -0.1) is 0 Å². The van der Waals surface area contributed by atoms with Gasteiger partial charge in [-0.05, 0) is 11.6 Å². The highest BCUT2D eigenvalue weighted by molar-refractivity contribution is 5.79. The van der Waals surface area contributed by atoms with Gasteiger partial charge in [-0.2, -0.15) is 0 Å². The van der Waals surface area contributed by atoms with Crippen LogP contribution in [0, 0.1) is 0 Å². The summed E-state index contributed by atoms with van der Waals surface area (Å²) < 4.78 is 0. The molecule has 0 spiro atoms. The van der Waals surface area contributed by atoms with E-state index in [1.165, 1.54) is 0 Å². The summed E-state index contributed by atoms with van der Waals surface area (Å²) in [5.41, 5.74) is 2.14. The van der Waals surface area contributed by atoms with Crippen LogP contribution >= 0.6 is 0 Å². The second-order valence-corrected chi connectivity index (χ2v) is 3.77. The van der Waals surface area contributed by atoms with Gasteiger partial charge in [0.25, 0.3) is 0 Å². The Bertz CT molecular complexity index is 454. The third-order valence-corrected chi connectivity index (χ3v) is 2.32. The van der Waals surface area contributed by atoms with E-state index < -0.39 is 0 Å². The zero-order valence-corrected chi connectivity index (χ0v) is 10.1. The minimum atomic E-state index is 0.693. The summed E-state index contributed by atoms with van der Waals surface area (Å²) in [5.74, 6) is 0. The van der Waals surface area contributed by atoms with Gasteiger partial charge >= 0.3 is 0 Å². The first-order chi connectivity index (χ1) is 8.95. The maximum absolute atomic E-state index is 4.32. The minimum Gasteiger partial charge on any atom is -0.291 e. The number of hydrogen-bond donors (Lipinski definition) is 0. The number of nitrogens with zero attached hydrogens (tertiary/aromatic N) is 3. The maximum Gasteiger partial charge on any atom is 0.0585 e. The fraction of sp³-hybridized carbons (Fsp3) is 0.133. The van der Waals surface area contributed by atoms with E-state index in [4.69, 9.17) is 0 Å². The van der Waals surface area contributed by atoms with Gasteiger partial charge in [0.2, 0.25) is 0 Å². The Morgan fingerprint density at radius 1 is 0.833 bits per heavy atom. The molecule has 0 aliphatic rings. The van der Waals surface area contributed by atoms with Gasteiger partial charge in [0.15, 0.2) is 0 Å². The van der Waals surface area contributed by atoms with Crippen molar-refractivity contribution in [1.82, 2.24) is 4.98 Å². The molecule has 0 saturated carbocycles. The fourth-order valence-electron chi connectivity index (χ4n) is 1.45. The van der Waals surface area contributed by atoms with Gasteiger partial charge in [-0.3, -0.25) is 15.0 Å². The first kappa shape index (κ1) is 12.2. The number of aliphatic imine (C=N–C) groups is 2. The largest absolute Gasteiger partial charge is 0.291 e. The second-order valence-electron chi connectivity index (χ2n) is 3.77. The highest BCUT2D eigenvalue weighted by atomic mass is 14.8. The molecule has 0 fully saturated rings. The molecular weight excluding hydrogens is 222 g/mol. The molecule has 0 radical (unpaired) electrons. The van der Waals surface area contributed by atoms with E-state index in [2.05, 4.69) is 15.0 Å². The van der Waals surface area contributed by atoms with Crippen LogP contribution in [0.5, 0.6) is 0 Å². The minimum absolute atomic E-state index is 0.693. The van der Waals surface area contributed by atoms with Crippen LogP contribution in [0.25, 0.3) is 0 Å². The zero-order valence-electron chi connectivity index (χ0n) is 10.1. The molecule has 18 heavy (non-hydrogen) atoms. The summed E-state index contributed by atoms with van der Waals surface area (Å²) in [6, 6.07) is 13.9.